The minimum absolute atomic E-state index is 0.0276. The number of carbonyl (C=O) groups excluding carboxylic acids is 1. The van der Waals surface area contributed by atoms with Crippen LogP contribution in [0.2, 0.25) is 0 Å². The first kappa shape index (κ1) is 18.8. The van der Waals surface area contributed by atoms with Crippen molar-refractivity contribution in [3.8, 4) is 5.69 Å². The molecule has 6 heteroatoms. The van der Waals surface area contributed by atoms with Gasteiger partial charge in [-0.2, -0.15) is 5.10 Å². The van der Waals surface area contributed by atoms with Gasteiger partial charge in [0, 0.05) is 11.3 Å². The summed E-state index contributed by atoms with van der Waals surface area (Å²) in [7, 11) is 0. The maximum absolute atomic E-state index is 13.8. The minimum Gasteiger partial charge on any atom is -0.289 e. The number of nitrogens with zero attached hydrogens (tertiary/aromatic N) is 2. The zero-order valence-corrected chi connectivity index (χ0v) is 15.4. The van der Waals surface area contributed by atoms with Crippen LogP contribution in [0.25, 0.3) is 5.69 Å². The van der Waals surface area contributed by atoms with Crippen molar-refractivity contribution < 1.29 is 14.4 Å². The summed E-state index contributed by atoms with van der Waals surface area (Å²) in [6, 6.07) is 13.0. The lowest BCUT2D eigenvalue weighted by Crippen LogP contribution is -2.21. The summed E-state index contributed by atoms with van der Waals surface area (Å²) in [6.07, 6.45) is 2.88. The molecule has 0 fully saturated rings. The molecule has 0 saturated heterocycles. The number of halogens is 1. The van der Waals surface area contributed by atoms with Gasteiger partial charge in [0.2, 0.25) is 5.91 Å². The van der Waals surface area contributed by atoms with Gasteiger partial charge in [-0.3, -0.25) is 10.0 Å². The Morgan fingerprint density at radius 2 is 1.93 bits per heavy atom. The Kier molecular flexibility index (Phi) is 5.66. The fourth-order valence-electron chi connectivity index (χ4n) is 3.19. The summed E-state index contributed by atoms with van der Waals surface area (Å²) < 4.78 is 15.6. The van der Waals surface area contributed by atoms with Crippen molar-refractivity contribution >= 4 is 5.91 Å². The monoisotopic (exact) mass is 367 g/mol. The summed E-state index contributed by atoms with van der Waals surface area (Å²) in [6.45, 7) is 3.77. The summed E-state index contributed by atoms with van der Waals surface area (Å²) in [5.41, 5.74) is 6.82. The number of amides is 1. The summed E-state index contributed by atoms with van der Waals surface area (Å²) in [5.74, 6) is -0.721. The number of rotatable bonds is 6. The SMILES string of the molecule is Cc1cccc(-n2ncc(CC(=O)NO)c2CCc2cccc(F)c2C)c1. The second-order valence-electron chi connectivity index (χ2n) is 6.60. The number of hydroxylamine groups is 1. The lowest BCUT2D eigenvalue weighted by Gasteiger charge is -2.12. The molecular formula is C21H22FN3O2. The van der Waals surface area contributed by atoms with Crippen LogP contribution < -0.4 is 5.48 Å². The van der Waals surface area contributed by atoms with Gasteiger partial charge < -0.3 is 0 Å². The highest BCUT2D eigenvalue weighted by Gasteiger charge is 2.16. The third-order valence-electron chi connectivity index (χ3n) is 4.69. The molecule has 0 unspecified atom stereocenters. The Morgan fingerprint density at radius 1 is 1.15 bits per heavy atom. The first-order valence-electron chi connectivity index (χ1n) is 8.79. The fraction of sp³-hybridized carbons (Fsp3) is 0.238. The topological polar surface area (TPSA) is 67.2 Å². The smallest absolute Gasteiger partial charge is 0.247 e. The van der Waals surface area contributed by atoms with E-state index in [0.29, 0.717) is 18.4 Å². The first-order valence-corrected chi connectivity index (χ1v) is 8.79. The molecule has 0 spiro atoms. The molecule has 2 aromatic carbocycles. The van der Waals surface area contributed by atoms with Gasteiger partial charge in [-0.1, -0.05) is 24.3 Å². The van der Waals surface area contributed by atoms with E-state index in [1.165, 1.54) is 6.07 Å². The molecule has 1 amide bonds. The van der Waals surface area contributed by atoms with E-state index in [0.717, 1.165) is 28.1 Å². The fourth-order valence-corrected chi connectivity index (χ4v) is 3.19. The quantitative estimate of drug-likeness (QED) is 0.518. The van der Waals surface area contributed by atoms with Gasteiger partial charge in [0.05, 0.1) is 18.3 Å². The number of hydrogen-bond acceptors (Lipinski definition) is 3. The van der Waals surface area contributed by atoms with E-state index < -0.39 is 5.91 Å². The molecule has 0 aliphatic rings. The number of carbonyl (C=O) groups is 1. The van der Waals surface area contributed by atoms with Crippen LogP contribution in [0.15, 0.2) is 48.7 Å². The van der Waals surface area contributed by atoms with E-state index in [2.05, 4.69) is 5.10 Å². The molecule has 0 radical (unpaired) electrons. The number of aromatic nitrogens is 2. The maximum atomic E-state index is 13.8. The molecule has 27 heavy (non-hydrogen) atoms. The number of hydrogen-bond donors (Lipinski definition) is 2. The van der Waals surface area contributed by atoms with Gasteiger partial charge in [-0.05, 0) is 61.6 Å². The van der Waals surface area contributed by atoms with Gasteiger partial charge in [0.1, 0.15) is 5.82 Å². The standard InChI is InChI=1S/C21H22FN3O2/c1-14-5-3-7-18(11-14)25-20(17(13-23-25)12-21(26)24-27)10-9-16-6-4-8-19(22)15(16)2/h3-8,11,13,27H,9-10,12H2,1-2H3,(H,24,26). The second-order valence-corrected chi connectivity index (χ2v) is 6.60. The number of nitrogens with one attached hydrogen (secondary N) is 1. The Hall–Kier alpha value is -2.99. The molecule has 1 aromatic heterocycles. The normalized spacial score (nSPS) is 10.8. The van der Waals surface area contributed by atoms with Crippen LogP contribution in [-0.2, 0) is 24.1 Å². The number of aryl methyl sites for hydroxylation is 2. The molecule has 0 saturated carbocycles. The minimum atomic E-state index is -0.498. The predicted octanol–water partition coefficient (Wildman–Crippen LogP) is 3.46. The summed E-state index contributed by atoms with van der Waals surface area (Å²) >= 11 is 0. The largest absolute Gasteiger partial charge is 0.289 e. The molecule has 0 aliphatic heterocycles. The lowest BCUT2D eigenvalue weighted by atomic mass is 10.0. The van der Waals surface area contributed by atoms with Crippen molar-refractivity contribution in [3.63, 3.8) is 0 Å². The molecule has 140 valence electrons. The van der Waals surface area contributed by atoms with Crippen LogP contribution in [0, 0.1) is 19.7 Å². The molecule has 3 rings (SSSR count). The zero-order chi connectivity index (χ0) is 19.4. The van der Waals surface area contributed by atoms with E-state index >= 15 is 0 Å². The van der Waals surface area contributed by atoms with Crippen molar-refractivity contribution in [1.29, 1.82) is 0 Å². The van der Waals surface area contributed by atoms with Crippen LogP contribution in [0.1, 0.15) is 27.9 Å². The zero-order valence-electron chi connectivity index (χ0n) is 15.4. The van der Waals surface area contributed by atoms with Gasteiger partial charge in [-0.25, -0.2) is 14.6 Å². The number of benzene rings is 2. The maximum Gasteiger partial charge on any atom is 0.247 e. The molecule has 0 aliphatic carbocycles. The van der Waals surface area contributed by atoms with Crippen LogP contribution in [0.4, 0.5) is 4.39 Å². The summed E-state index contributed by atoms with van der Waals surface area (Å²) in [5, 5.41) is 13.3. The van der Waals surface area contributed by atoms with Gasteiger partial charge in [0.25, 0.3) is 0 Å². The van der Waals surface area contributed by atoms with Crippen molar-refractivity contribution in [2.45, 2.75) is 33.1 Å². The van der Waals surface area contributed by atoms with Gasteiger partial charge in [-0.15, -0.1) is 0 Å². The molecule has 1 heterocycles. The van der Waals surface area contributed by atoms with E-state index in [-0.39, 0.29) is 12.2 Å². The molecule has 2 N–H and O–H groups in total. The highest BCUT2D eigenvalue weighted by atomic mass is 19.1. The van der Waals surface area contributed by atoms with E-state index in [1.54, 1.807) is 24.7 Å². The van der Waals surface area contributed by atoms with Crippen LogP contribution >= 0.6 is 0 Å². The Morgan fingerprint density at radius 3 is 2.67 bits per heavy atom. The first-order chi connectivity index (χ1) is 13.0. The lowest BCUT2D eigenvalue weighted by molar-refractivity contribution is -0.128. The van der Waals surface area contributed by atoms with Crippen LogP contribution in [0.3, 0.4) is 0 Å². The highest BCUT2D eigenvalue weighted by molar-refractivity contribution is 5.77. The molecule has 0 bridgehead atoms. The second kappa shape index (κ2) is 8.14. The third-order valence-corrected chi connectivity index (χ3v) is 4.69. The Labute approximate surface area is 157 Å². The Balaban J connectivity index is 1.96. The predicted molar refractivity (Wildman–Crippen MR) is 100 cm³/mol. The molecular weight excluding hydrogens is 345 g/mol. The molecule has 3 aromatic rings. The van der Waals surface area contributed by atoms with Gasteiger partial charge in [0.15, 0.2) is 0 Å². The van der Waals surface area contributed by atoms with Crippen LogP contribution in [0.5, 0.6) is 0 Å². The van der Waals surface area contributed by atoms with Gasteiger partial charge >= 0.3 is 0 Å². The third kappa shape index (κ3) is 4.23. The average molecular weight is 367 g/mol. The van der Waals surface area contributed by atoms with Crippen molar-refractivity contribution in [3.05, 3.63) is 82.4 Å². The van der Waals surface area contributed by atoms with E-state index in [9.17, 15) is 9.18 Å². The average Bonchev–Trinajstić information content (AvgIpc) is 3.05. The van der Waals surface area contributed by atoms with E-state index in [4.69, 9.17) is 5.21 Å². The van der Waals surface area contributed by atoms with E-state index in [1.807, 2.05) is 41.9 Å². The molecule has 5 nitrogen and oxygen atoms in total. The Bertz CT molecular complexity index is 966. The van der Waals surface area contributed by atoms with Crippen molar-refractivity contribution in [1.82, 2.24) is 15.3 Å². The molecule has 0 atom stereocenters. The highest BCUT2D eigenvalue weighted by Crippen LogP contribution is 2.21. The van der Waals surface area contributed by atoms with Crippen LogP contribution in [-0.4, -0.2) is 20.9 Å². The summed E-state index contributed by atoms with van der Waals surface area (Å²) in [4.78, 5) is 11.7. The van der Waals surface area contributed by atoms with Crippen molar-refractivity contribution in [2.75, 3.05) is 0 Å². The van der Waals surface area contributed by atoms with Crippen molar-refractivity contribution in [2.24, 2.45) is 0 Å².